The minimum atomic E-state index is 0. The van der Waals surface area contributed by atoms with Crippen LogP contribution in [0.5, 0.6) is 0 Å². The Hall–Kier alpha value is -2.09. The van der Waals surface area contributed by atoms with Crippen LogP contribution in [-0.4, -0.2) is 18.4 Å². The van der Waals surface area contributed by atoms with Gasteiger partial charge in [0.05, 0.1) is 6.54 Å². The summed E-state index contributed by atoms with van der Waals surface area (Å²) < 4.78 is 0. The Morgan fingerprint density at radius 2 is 1.96 bits per heavy atom. The first-order valence-electron chi connectivity index (χ1n) is 8.71. The monoisotopic (exact) mass is 464 g/mol. The van der Waals surface area contributed by atoms with Crippen molar-refractivity contribution in [3.05, 3.63) is 59.7 Å². The molecule has 0 radical (unpaired) electrons. The lowest BCUT2D eigenvalue weighted by molar-refractivity contribution is -0.117. The fourth-order valence-corrected chi connectivity index (χ4v) is 2.94. The van der Waals surface area contributed by atoms with Gasteiger partial charge >= 0.3 is 0 Å². The van der Waals surface area contributed by atoms with Gasteiger partial charge in [-0.25, -0.2) is 4.99 Å². The minimum absolute atomic E-state index is 0. The van der Waals surface area contributed by atoms with E-state index in [4.69, 9.17) is 5.73 Å². The van der Waals surface area contributed by atoms with Crippen molar-refractivity contribution in [3.8, 4) is 0 Å². The van der Waals surface area contributed by atoms with Crippen molar-refractivity contribution >= 4 is 47.2 Å². The van der Waals surface area contributed by atoms with E-state index in [2.05, 4.69) is 29.4 Å². The SMILES string of the molecule is CCc1cccc(NC(N)=NCc2ccc(N3CCCC3=O)cc2)c1.I. The number of nitrogens with zero attached hydrogens (tertiary/aromatic N) is 2. The highest BCUT2D eigenvalue weighted by molar-refractivity contribution is 14.0. The first kappa shape index (κ1) is 20.2. The van der Waals surface area contributed by atoms with Gasteiger partial charge in [-0.1, -0.05) is 31.2 Å². The van der Waals surface area contributed by atoms with E-state index < -0.39 is 0 Å². The number of anilines is 2. The molecule has 0 saturated carbocycles. The molecule has 0 aromatic heterocycles. The van der Waals surface area contributed by atoms with Gasteiger partial charge in [0.15, 0.2) is 5.96 Å². The molecule has 1 amide bonds. The molecule has 2 aromatic carbocycles. The Kier molecular flexibility index (Phi) is 7.44. The largest absolute Gasteiger partial charge is 0.370 e. The molecule has 26 heavy (non-hydrogen) atoms. The van der Waals surface area contributed by atoms with Crippen molar-refractivity contribution in [2.75, 3.05) is 16.8 Å². The lowest BCUT2D eigenvalue weighted by Gasteiger charge is -2.15. The maximum Gasteiger partial charge on any atom is 0.227 e. The van der Waals surface area contributed by atoms with Crippen molar-refractivity contribution < 1.29 is 4.79 Å². The first-order chi connectivity index (χ1) is 12.2. The number of aryl methyl sites for hydroxylation is 1. The number of amides is 1. The summed E-state index contributed by atoms with van der Waals surface area (Å²) in [7, 11) is 0. The van der Waals surface area contributed by atoms with Crippen molar-refractivity contribution in [2.45, 2.75) is 32.7 Å². The molecule has 1 heterocycles. The molecule has 138 valence electrons. The second-order valence-electron chi connectivity index (χ2n) is 6.20. The van der Waals surface area contributed by atoms with Gasteiger partial charge in [0.25, 0.3) is 0 Å². The Morgan fingerprint density at radius 1 is 1.19 bits per heavy atom. The standard InChI is InChI=1S/C20H24N4O.HI/c1-2-15-5-3-6-17(13-15)23-20(21)22-14-16-8-10-18(11-9-16)24-12-4-7-19(24)25;/h3,5-6,8-11,13H,2,4,7,12,14H2,1H3,(H3,21,22,23);1H. The summed E-state index contributed by atoms with van der Waals surface area (Å²) in [5, 5.41) is 3.12. The van der Waals surface area contributed by atoms with E-state index in [9.17, 15) is 4.79 Å². The summed E-state index contributed by atoms with van der Waals surface area (Å²) in [6.45, 7) is 3.43. The van der Waals surface area contributed by atoms with Gasteiger partial charge in [0.1, 0.15) is 0 Å². The van der Waals surface area contributed by atoms with Crippen molar-refractivity contribution in [3.63, 3.8) is 0 Å². The van der Waals surface area contributed by atoms with Crippen molar-refractivity contribution in [2.24, 2.45) is 10.7 Å². The van der Waals surface area contributed by atoms with Gasteiger partial charge in [-0.3, -0.25) is 4.79 Å². The van der Waals surface area contributed by atoms with Gasteiger partial charge in [0.2, 0.25) is 5.91 Å². The van der Waals surface area contributed by atoms with Gasteiger partial charge < -0.3 is 16.0 Å². The lowest BCUT2D eigenvalue weighted by atomic mass is 10.1. The average molecular weight is 464 g/mol. The maximum absolute atomic E-state index is 11.8. The molecule has 0 unspecified atom stereocenters. The molecule has 5 nitrogen and oxygen atoms in total. The number of carbonyl (C=O) groups is 1. The minimum Gasteiger partial charge on any atom is -0.370 e. The van der Waals surface area contributed by atoms with Crippen LogP contribution in [0.2, 0.25) is 0 Å². The second-order valence-corrected chi connectivity index (χ2v) is 6.20. The number of carbonyl (C=O) groups excluding carboxylic acids is 1. The van der Waals surface area contributed by atoms with E-state index in [0.29, 0.717) is 18.9 Å². The second kappa shape index (κ2) is 9.56. The van der Waals surface area contributed by atoms with Gasteiger partial charge in [-0.05, 0) is 48.2 Å². The highest BCUT2D eigenvalue weighted by Gasteiger charge is 2.21. The fraction of sp³-hybridized carbons (Fsp3) is 0.300. The predicted molar refractivity (Wildman–Crippen MR) is 118 cm³/mol. The number of benzene rings is 2. The van der Waals surface area contributed by atoms with Crippen LogP contribution in [-0.2, 0) is 17.8 Å². The van der Waals surface area contributed by atoms with E-state index in [-0.39, 0.29) is 29.9 Å². The number of hydrogen-bond acceptors (Lipinski definition) is 2. The molecule has 3 N–H and O–H groups in total. The van der Waals surface area contributed by atoms with Gasteiger partial charge in [0, 0.05) is 24.3 Å². The third-order valence-electron chi connectivity index (χ3n) is 4.36. The third-order valence-corrected chi connectivity index (χ3v) is 4.36. The molecule has 3 rings (SSSR count). The fourth-order valence-electron chi connectivity index (χ4n) is 2.94. The van der Waals surface area contributed by atoms with E-state index in [0.717, 1.165) is 36.3 Å². The number of guanidine groups is 1. The molecule has 0 bridgehead atoms. The Balaban J connectivity index is 0.00000243. The lowest BCUT2D eigenvalue weighted by Crippen LogP contribution is -2.23. The van der Waals surface area contributed by atoms with Crippen LogP contribution in [0.15, 0.2) is 53.5 Å². The molecule has 0 atom stereocenters. The van der Waals surface area contributed by atoms with Crippen LogP contribution in [0.3, 0.4) is 0 Å². The molecule has 1 aliphatic rings. The quantitative estimate of drug-likeness (QED) is 0.401. The summed E-state index contributed by atoms with van der Waals surface area (Å²) in [6, 6.07) is 16.1. The summed E-state index contributed by atoms with van der Waals surface area (Å²) in [5.41, 5.74) is 10.2. The molecule has 1 fully saturated rings. The number of nitrogens with two attached hydrogens (primary N) is 1. The zero-order chi connectivity index (χ0) is 17.6. The number of nitrogens with one attached hydrogen (secondary N) is 1. The molecular weight excluding hydrogens is 439 g/mol. The summed E-state index contributed by atoms with van der Waals surface area (Å²) >= 11 is 0. The average Bonchev–Trinajstić information content (AvgIpc) is 3.06. The topological polar surface area (TPSA) is 70.7 Å². The van der Waals surface area contributed by atoms with Crippen LogP contribution in [0.25, 0.3) is 0 Å². The van der Waals surface area contributed by atoms with Gasteiger partial charge in [-0.15, -0.1) is 24.0 Å². The van der Waals surface area contributed by atoms with E-state index in [1.165, 1.54) is 5.56 Å². The van der Waals surface area contributed by atoms with Crippen molar-refractivity contribution in [1.82, 2.24) is 0 Å². The molecule has 6 heteroatoms. The Bertz CT molecular complexity index is 774. The van der Waals surface area contributed by atoms with Crippen LogP contribution < -0.4 is 16.0 Å². The summed E-state index contributed by atoms with van der Waals surface area (Å²) in [6.07, 6.45) is 2.57. The van der Waals surface area contributed by atoms with E-state index in [1.807, 2.05) is 41.3 Å². The van der Waals surface area contributed by atoms with Crippen LogP contribution >= 0.6 is 24.0 Å². The van der Waals surface area contributed by atoms with E-state index in [1.54, 1.807) is 0 Å². The molecule has 1 saturated heterocycles. The normalized spacial score (nSPS) is 14.3. The number of aliphatic imine (C=N–C) groups is 1. The molecule has 2 aromatic rings. The first-order valence-corrected chi connectivity index (χ1v) is 8.71. The smallest absolute Gasteiger partial charge is 0.227 e. The number of rotatable bonds is 5. The molecular formula is C20H25IN4O. The van der Waals surface area contributed by atoms with Crippen molar-refractivity contribution in [1.29, 1.82) is 0 Å². The summed E-state index contributed by atoms with van der Waals surface area (Å²) in [4.78, 5) is 18.0. The molecule has 0 spiro atoms. The Labute approximate surface area is 171 Å². The van der Waals surface area contributed by atoms with Crippen LogP contribution in [0, 0.1) is 0 Å². The van der Waals surface area contributed by atoms with Crippen LogP contribution in [0.1, 0.15) is 30.9 Å². The van der Waals surface area contributed by atoms with Crippen LogP contribution in [0.4, 0.5) is 11.4 Å². The zero-order valence-electron chi connectivity index (χ0n) is 14.9. The molecule has 0 aliphatic carbocycles. The third kappa shape index (κ3) is 5.20. The zero-order valence-corrected chi connectivity index (χ0v) is 17.3. The number of halogens is 1. The highest BCUT2D eigenvalue weighted by atomic mass is 127. The highest BCUT2D eigenvalue weighted by Crippen LogP contribution is 2.21. The predicted octanol–water partition coefficient (Wildman–Crippen LogP) is 3.92. The van der Waals surface area contributed by atoms with E-state index >= 15 is 0 Å². The maximum atomic E-state index is 11.8. The Morgan fingerprint density at radius 3 is 2.62 bits per heavy atom. The van der Waals surface area contributed by atoms with Gasteiger partial charge in [-0.2, -0.15) is 0 Å². The number of hydrogen-bond donors (Lipinski definition) is 2. The summed E-state index contributed by atoms with van der Waals surface area (Å²) in [5.74, 6) is 0.598. The molecule has 1 aliphatic heterocycles.